The van der Waals surface area contributed by atoms with Crippen molar-refractivity contribution in [2.45, 2.75) is 19.9 Å². The van der Waals surface area contributed by atoms with Gasteiger partial charge >= 0.3 is 11.9 Å². The molecule has 0 radical (unpaired) electrons. The molecule has 11 heteroatoms. The molecule has 3 heterocycles. The number of ether oxygens (including phenoxy) is 2. The number of benzene rings is 2. The number of carboxylic acid groups (broad SMARTS) is 1. The van der Waals surface area contributed by atoms with E-state index in [0.717, 1.165) is 11.3 Å². The summed E-state index contributed by atoms with van der Waals surface area (Å²) < 4.78 is 18.7. The zero-order valence-electron chi connectivity index (χ0n) is 22.6. The Kier molecular flexibility index (Phi) is 8.28. The van der Waals surface area contributed by atoms with E-state index in [9.17, 15) is 19.5 Å². The van der Waals surface area contributed by atoms with Gasteiger partial charge in [-0.05, 0) is 61.9 Å². The molecule has 2 aromatic heterocycles. The highest BCUT2D eigenvalue weighted by atomic mass is 35.5. The first-order valence-electron chi connectivity index (χ1n) is 12.9. The van der Waals surface area contributed by atoms with E-state index < -0.39 is 18.0 Å². The molecule has 0 aliphatic carbocycles. The minimum absolute atomic E-state index is 0.0636. The van der Waals surface area contributed by atoms with E-state index in [1.807, 2.05) is 0 Å². The number of aromatic nitrogens is 1. The van der Waals surface area contributed by atoms with Crippen molar-refractivity contribution < 1.29 is 28.6 Å². The van der Waals surface area contributed by atoms with Gasteiger partial charge in [-0.3, -0.25) is 9.36 Å². The number of thiazole rings is 1. The molecule has 1 unspecified atom stereocenters. The lowest BCUT2D eigenvalue weighted by Gasteiger charge is -2.24. The molecule has 0 spiro atoms. The minimum Gasteiger partial charge on any atom is -0.490 e. The van der Waals surface area contributed by atoms with E-state index in [-0.39, 0.29) is 23.3 Å². The number of furan rings is 1. The van der Waals surface area contributed by atoms with Crippen LogP contribution >= 0.6 is 22.9 Å². The molecule has 0 bridgehead atoms. The van der Waals surface area contributed by atoms with Gasteiger partial charge in [0, 0.05) is 11.6 Å². The van der Waals surface area contributed by atoms with Crippen LogP contribution in [0.4, 0.5) is 0 Å². The van der Waals surface area contributed by atoms with Crippen molar-refractivity contribution in [2.24, 2.45) is 4.99 Å². The predicted molar refractivity (Wildman–Crippen MR) is 159 cm³/mol. The standard InChI is InChI=1S/C31H25ClN2O7S/c1-4-14-40-20-9-6-18(7-10-20)27-26(30(38)39-5-2)17(3)33-31-34(27)28(35)25(42-31)16-21-11-13-24(41-21)22-15-19(29(36)37)8-12-23(22)32/h4,6-13,15-16,27H,1,5,14H2,2-3H3,(H,36,37)/b25-16-. The molecule has 1 aliphatic rings. The predicted octanol–water partition coefficient (Wildman–Crippen LogP) is 4.97. The molecule has 9 nitrogen and oxygen atoms in total. The van der Waals surface area contributed by atoms with Gasteiger partial charge in [0.2, 0.25) is 0 Å². The highest BCUT2D eigenvalue weighted by Crippen LogP contribution is 2.32. The number of nitrogens with zero attached hydrogens (tertiary/aromatic N) is 2. The Morgan fingerprint density at radius 2 is 1.95 bits per heavy atom. The van der Waals surface area contributed by atoms with Crippen LogP contribution in [-0.4, -0.2) is 34.8 Å². The Hall–Kier alpha value is -4.67. The average Bonchev–Trinajstić information content (AvgIpc) is 3.55. The van der Waals surface area contributed by atoms with Crippen molar-refractivity contribution in [1.82, 2.24) is 4.57 Å². The summed E-state index contributed by atoms with van der Waals surface area (Å²) in [4.78, 5) is 43.3. The molecule has 1 aliphatic heterocycles. The number of hydrogen-bond acceptors (Lipinski definition) is 8. The summed E-state index contributed by atoms with van der Waals surface area (Å²) in [5.74, 6) is -0.326. The number of carbonyl (C=O) groups is 2. The highest BCUT2D eigenvalue weighted by molar-refractivity contribution is 7.07. The number of allylic oxidation sites excluding steroid dienone is 1. The van der Waals surface area contributed by atoms with Crippen LogP contribution in [0.5, 0.6) is 5.75 Å². The Morgan fingerprint density at radius 1 is 1.19 bits per heavy atom. The molecular weight excluding hydrogens is 580 g/mol. The number of hydrogen-bond donors (Lipinski definition) is 1. The van der Waals surface area contributed by atoms with Crippen molar-refractivity contribution in [3.63, 3.8) is 0 Å². The number of aromatic carboxylic acids is 1. The van der Waals surface area contributed by atoms with Gasteiger partial charge in [0.25, 0.3) is 5.56 Å². The third-order valence-electron chi connectivity index (χ3n) is 6.46. The van der Waals surface area contributed by atoms with E-state index in [4.69, 9.17) is 25.5 Å². The second kappa shape index (κ2) is 12.1. The summed E-state index contributed by atoms with van der Waals surface area (Å²) in [5, 5.41) is 9.67. The van der Waals surface area contributed by atoms with Crippen LogP contribution in [0.3, 0.4) is 0 Å². The van der Waals surface area contributed by atoms with Gasteiger partial charge in [0.15, 0.2) is 4.80 Å². The summed E-state index contributed by atoms with van der Waals surface area (Å²) in [7, 11) is 0. The van der Waals surface area contributed by atoms with Crippen LogP contribution in [-0.2, 0) is 9.53 Å². The number of rotatable bonds is 9. The summed E-state index contributed by atoms with van der Waals surface area (Å²) in [5.41, 5.74) is 1.50. The Bertz CT molecular complexity index is 1920. The lowest BCUT2D eigenvalue weighted by atomic mass is 9.96. The van der Waals surface area contributed by atoms with Crippen LogP contribution in [0, 0.1) is 0 Å². The zero-order valence-corrected chi connectivity index (χ0v) is 24.2. The first-order chi connectivity index (χ1) is 20.2. The van der Waals surface area contributed by atoms with Crippen molar-refractivity contribution in [1.29, 1.82) is 0 Å². The van der Waals surface area contributed by atoms with Gasteiger partial charge in [0.1, 0.15) is 23.9 Å². The second-order valence-electron chi connectivity index (χ2n) is 9.17. The molecule has 1 atom stereocenters. The van der Waals surface area contributed by atoms with Crippen molar-refractivity contribution in [3.05, 3.63) is 120 Å². The quantitative estimate of drug-likeness (QED) is 0.211. The maximum Gasteiger partial charge on any atom is 0.338 e. The molecule has 42 heavy (non-hydrogen) atoms. The second-order valence-corrected chi connectivity index (χ2v) is 10.6. The molecule has 0 fully saturated rings. The fraction of sp³-hybridized carbons (Fsp3) is 0.161. The fourth-order valence-corrected chi connectivity index (χ4v) is 5.80. The summed E-state index contributed by atoms with van der Waals surface area (Å²) in [6, 6.07) is 14.0. The summed E-state index contributed by atoms with van der Waals surface area (Å²) in [6.07, 6.45) is 3.22. The van der Waals surface area contributed by atoms with Gasteiger partial charge in [-0.15, -0.1) is 0 Å². The number of fused-ring (bicyclic) bond motifs is 1. The topological polar surface area (TPSA) is 120 Å². The SMILES string of the molecule is C=CCOc1ccc(C2C(C(=O)OCC)=C(C)N=c3s/c(=C\c4ccc(-c5cc(C(=O)O)ccc5Cl)o4)c(=O)n32)cc1. The third-order valence-corrected chi connectivity index (χ3v) is 7.77. The molecule has 4 aromatic rings. The molecular formula is C31H25ClN2O7S. The van der Waals surface area contributed by atoms with Gasteiger partial charge in [0.05, 0.1) is 39.0 Å². The molecule has 2 aromatic carbocycles. The van der Waals surface area contributed by atoms with Gasteiger partial charge in [-0.25, -0.2) is 14.6 Å². The first-order valence-corrected chi connectivity index (χ1v) is 14.1. The molecule has 0 saturated carbocycles. The highest BCUT2D eigenvalue weighted by Gasteiger charge is 2.33. The van der Waals surface area contributed by atoms with Gasteiger partial charge < -0.3 is 19.0 Å². The largest absolute Gasteiger partial charge is 0.490 e. The summed E-state index contributed by atoms with van der Waals surface area (Å²) in [6.45, 7) is 7.59. The van der Waals surface area contributed by atoms with E-state index in [2.05, 4.69) is 11.6 Å². The molecule has 5 rings (SSSR count). The number of carboxylic acids is 1. The van der Waals surface area contributed by atoms with Crippen molar-refractivity contribution in [3.8, 4) is 17.1 Å². The zero-order chi connectivity index (χ0) is 30.0. The smallest absolute Gasteiger partial charge is 0.338 e. The van der Waals surface area contributed by atoms with Crippen molar-refractivity contribution in [2.75, 3.05) is 13.2 Å². The van der Waals surface area contributed by atoms with E-state index in [0.29, 0.717) is 55.1 Å². The monoisotopic (exact) mass is 604 g/mol. The third kappa shape index (κ3) is 5.59. The lowest BCUT2D eigenvalue weighted by Crippen LogP contribution is -2.39. The van der Waals surface area contributed by atoms with Crippen molar-refractivity contribution >= 4 is 41.0 Å². The maximum absolute atomic E-state index is 13.8. The van der Waals surface area contributed by atoms with E-state index in [1.165, 1.54) is 22.8 Å². The van der Waals surface area contributed by atoms with Gasteiger partial charge in [-0.1, -0.05) is 47.7 Å². The number of carbonyl (C=O) groups excluding carboxylic acids is 1. The average molecular weight is 605 g/mol. The fourth-order valence-electron chi connectivity index (χ4n) is 4.56. The Balaban J connectivity index is 1.60. The molecule has 1 N–H and O–H groups in total. The summed E-state index contributed by atoms with van der Waals surface area (Å²) >= 11 is 7.46. The van der Waals surface area contributed by atoms with Crippen LogP contribution in [0.2, 0.25) is 5.02 Å². The van der Waals surface area contributed by atoms with Crippen LogP contribution < -0.4 is 19.6 Å². The molecule has 0 amide bonds. The molecule has 0 saturated heterocycles. The molecule has 214 valence electrons. The number of esters is 1. The van der Waals surface area contributed by atoms with E-state index in [1.54, 1.807) is 62.4 Å². The minimum atomic E-state index is -1.09. The Labute approximate surface area is 248 Å². The number of halogens is 1. The maximum atomic E-state index is 13.8. The normalized spacial score (nSPS) is 14.7. The Morgan fingerprint density at radius 3 is 2.64 bits per heavy atom. The van der Waals surface area contributed by atoms with Gasteiger partial charge in [-0.2, -0.15) is 0 Å². The van der Waals surface area contributed by atoms with Crippen LogP contribution in [0.1, 0.15) is 41.6 Å². The van der Waals surface area contributed by atoms with E-state index >= 15 is 0 Å². The van der Waals surface area contributed by atoms with Crippen LogP contribution in [0.25, 0.3) is 17.4 Å². The van der Waals surface area contributed by atoms with Crippen LogP contribution in [0.15, 0.2) is 92.7 Å². The first kappa shape index (κ1) is 28.8. The lowest BCUT2D eigenvalue weighted by molar-refractivity contribution is -0.139.